The maximum atomic E-state index is 13.7. The molecule has 0 spiro atoms. The van der Waals surface area contributed by atoms with E-state index in [-0.39, 0.29) is 29.0 Å². The lowest BCUT2D eigenvalue weighted by Gasteiger charge is -2.14. The maximum absolute atomic E-state index is 13.7. The standard InChI is InChI=1S/C23H19F8N/c1-3-16(32-13-18-20(24)5-4-6-21(18)25)10-7-14(2)17-11-8-15(22(26,27)28)9-12-19(17)23(29,30)31/h3-10,12,32H,1,11,13H2,2H3/b14-7+,16-10+. The number of alkyl halides is 6. The summed E-state index contributed by atoms with van der Waals surface area (Å²) in [4.78, 5) is 0. The van der Waals surface area contributed by atoms with Crippen LogP contribution in [0.1, 0.15) is 18.9 Å². The van der Waals surface area contributed by atoms with E-state index in [1.54, 1.807) is 0 Å². The molecule has 0 aliphatic heterocycles. The van der Waals surface area contributed by atoms with Gasteiger partial charge in [-0.15, -0.1) is 0 Å². The van der Waals surface area contributed by atoms with E-state index in [1.165, 1.54) is 31.2 Å². The first kappa shape index (κ1) is 25.2. The minimum atomic E-state index is -4.86. The summed E-state index contributed by atoms with van der Waals surface area (Å²) in [5, 5.41) is 2.71. The van der Waals surface area contributed by atoms with Gasteiger partial charge in [-0.05, 0) is 60.9 Å². The molecule has 32 heavy (non-hydrogen) atoms. The number of hydrogen-bond acceptors (Lipinski definition) is 1. The SMILES string of the molecule is C=C/C(=C\C=C(/C)C1=C(C(F)(F)F)C=CC(C(F)(F)F)=CC1)NCc1c(F)cccc1F. The highest BCUT2D eigenvalue weighted by molar-refractivity contribution is 5.49. The summed E-state index contributed by atoms with van der Waals surface area (Å²) in [6.07, 6.45) is -4.83. The molecule has 0 fully saturated rings. The highest BCUT2D eigenvalue weighted by Crippen LogP contribution is 2.38. The molecule has 1 aliphatic carbocycles. The molecule has 0 saturated heterocycles. The molecule has 1 nitrogen and oxygen atoms in total. The van der Waals surface area contributed by atoms with E-state index in [2.05, 4.69) is 11.9 Å². The first-order chi connectivity index (χ1) is 14.8. The van der Waals surface area contributed by atoms with Gasteiger partial charge in [0.05, 0.1) is 11.1 Å². The van der Waals surface area contributed by atoms with Gasteiger partial charge in [0.15, 0.2) is 0 Å². The fourth-order valence-electron chi connectivity index (χ4n) is 2.92. The van der Waals surface area contributed by atoms with Crippen LogP contribution in [0.2, 0.25) is 0 Å². The minimum absolute atomic E-state index is 0.0693. The van der Waals surface area contributed by atoms with Crippen LogP contribution in [0.25, 0.3) is 0 Å². The normalized spacial score (nSPS) is 16.1. The lowest BCUT2D eigenvalue weighted by molar-refractivity contribution is -0.0906. The molecule has 0 aromatic heterocycles. The van der Waals surface area contributed by atoms with Crippen molar-refractivity contribution in [1.82, 2.24) is 5.32 Å². The second-order valence-corrected chi connectivity index (χ2v) is 6.81. The van der Waals surface area contributed by atoms with Crippen LogP contribution in [0.3, 0.4) is 0 Å². The lowest BCUT2D eigenvalue weighted by Crippen LogP contribution is -2.14. The quantitative estimate of drug-likeness (QED) is 0.344. The maximum Gasteiger partial charge on any atom is 0.416 e. The number of halogens is 8. The summed E-state index contributed by atoms with van der Waals surface area (Å²) < 4.78 is 107. The van der Waals surface area contributed by atoms with E-state index in [0.717, 1.165) is 12.1 Å². The van der Waals surface area contributed by atoms with Gasteiger partial charge in [0.1, 0.15) is 11.6 Å². The zero-order valence-corrected chi connectivity index (χ0v) is 16.8. The van der Waals surface area contributed by atoms with Crippen LogP contribution in [0, 0.1) is 11.6 Å². The highest BCUT2D eigenvalue weighted by Gasteiger charge is 2.38. The second-order valence-electron chi connectivity index (χ2n) is 6.81. The molecule has 0 bridgehead atoms. The Labute approximate surface area is 179 Å². The van der Waals surface area contributed by atoms with Crippen molar-refractivity contribution in [2.75, 3.05) is 0 Å². The Morgan fingerprint density at radius 2 is 1.62 bits per heavy atom. The van der Waals surface area contributed by atoms with Gasteiger partial charge in [-0.1, -0.05) is 24.8 Å². The van der Waals surface area contributed by atoms with Gasteiger partial charge in [0.2, 0.25) is 0 Å². The van der Waals surface area contributed by atoms with Crippen molar-refractivity contribution < 1.29 is 35.1 Å². The van der Waals surface area contributed by atoms with Crippen LogP contribution in [0.5, 0.6) is 0 Å². The fraction of sp³-hybridized carbons (Fsp3) is 0.217. The monoisotopic (exact) mass is 461 g/mol. The molecule has 1 aliphatic rings. The van der Waals surface area contributed by atoms with Gasteiger partial charge in [-0.3, -0.25) is 0 Å². The first-order valence-corrected chi connectivity index (χ1v) is 9.28. The second kappa shape index (κ2) is 10.0. The Morgan fingerprint density at radius 1 is 1.00 bits per heavy atom. The molecule has 9 heteroatoms. The van der Waals surface area contributed by atoms with Gasteiger partial charge in [-0.25, -0.2) is 8.78 Å². The Kier molecular flexibility index (Phi) is 7.87. The number of rotatable bonds is 6. The van der Waals surface area contributed by atoms with E-state index < -0.39 is 41.6 Å². The molecule has 1 N–H and O–H groups in total. The summed E-state index contributed by atoms with van der Waals surface area (Å²) in [5.74, 6) is -1.55. The van der Waals surface area contributed by atoms with Crippen LogP contribution in [0.15, 0.2) is 89.2 Å². The molecule has 1 aromatic carbocycles. The van der Waals surface area contributed by atoms with E-state index in [4.69, 9.17) is 0 Å². The molecule has 0 amide bonds. The molecule has 1 aromatic rings. The Hall–Kier alpha value is -3.10. The smallest absolute Gasteiger partial charge is 0.381 e. The van der Waals surface area contributed by atoms with Gasteiger partial charge in [-0.2, -0.15) is 26.3 Å². The van der Waals surface area contributed by atoms with Crippen molar-refractivity contribution in [2.45, 2.75) is 32.2 Å². The topological polar surface area (TPSA) is 12.0 Å². The third-order valence-electron chi connectivity index (χ3n) is 4.65. The van der Waals surface area contributed by atoms with Crippen LogP contribution >= 0.6 is 0 Å². The fourth-order valence-corrected chi connectivity index (χ4v) is 2.92. The average Bonchev–Trinajstić information content (AvgIpc) is 2.93. The van der Waals surface area contributed by atoms with Crippen molar-refractivity contribution in [1.29, 1.82) is 0 Å². The number of nitrogens with one attached hydrogen (secondary N) is 1. The Balaban J connectivity index is 2.33. The minimum Gasteiger partial charge on any atom is -0.381 e. The molecular weight excluding hydrogens is 442 g/mol. The van der Waals surface area contributed by atoms with Crippen LogP contribution in [-0.2, 0) is 6.54 Å². The summed E-state index contributed by atoms with van der Waals surface area (Å²) in [7, 11) is 0. The van der Waals surface area contributed by atoms with Crippen molar-refractivity contribution >= 4 is 0 Å². The number of benzene rings is 1. The van der Waals surface area contributed by atoms with Crippen molar-refractivity contribution in [3.05, 3.63) is 106 Å². The molecule has 0 radical (unpaired) electrons. The van der Waals surface area contributed by atoms with Gasteiger partial charge in [0, 0.05) is 17.8 Å². The Bertz CT molecular complexity index is 997. The van der Waals surface area contributed by atoms with Crippen molar-refractivity contribution in [2.24, 2.45) is 0 Å². The van der Waals surface area contributed by atoms with E-state index in [1.807, 2.05) is 0 Å². The third kappa shape index (κ3) is 6.45. The zero-order chi connectivity index (χ0) is 24.1. The number of hydrogen-bond donors (Lipinski definition) is 1. The zero-order valence-electron chi connectivity index (χ0n) is 16.8. The van der Waals surface area contributed by atoms with Gasteiger partial charge in [0.25, 0.3) is 0 Å². The average molecular weight is 461 g/mol. The van der Waals surface area contributed by atoms with E-state index in [9.17, 15) is 35.1 Å². The third-order valence-corrected chi connectivity index (χ3v) is 4.65. The van der Waals surface area contributed by atoms with Crippen LogP contribution < -0.4 is 5.32 Å². The van der Waals surface area contributed by atoms with Crippen LogP contribution in [-0.4, -0.2) is 12.4 Å². The van der Waals surface area contributed by atoms with Crippen molar-refractivity contribution in [3.8, 4) is 0 Å². The predicted octanol–water partition coefficient (Wildman–Crippen LogP) is 7.38. The Morgan fingerprint density at radius 3 is 2.16 bits per heavy atom. The van der Waals surface area contributed by atoms with E-state index in [0.29, 0.717) is 18.2 Å². The molecule has 172 valence electrons. The van der Waals surface area contributed by atoms with Gasteiger partial charge < -0.3 is 5.32 Å². The summed E-state index contributed by atoms with van der Waals surface area (Å²) >= 11 is 0. The highest BCUT2D eigenvalue weighted by atomic mass is 19.4. The van der Waals surface area contributed by atoms with E-state index >= 15 is 0 Å². The largest absolute Gasteiger partial charge is 0.416 e. The summed E-state index contributed by atoms with van der Waals surface area (Å²) in [6, 6.07) is 3.36. The summed E-state index contributed by atoms with van der Waals surface area (Å²) in [5.41, 5.74) is -2.60. The number of allylic oxidation sites excluding steroid dienone is 10. The summed E-state index contributed by atoms with van der Waals surface area (Å²) in [6.45, 7) is 4.61. The lowest BCUT2D eigenvalue weighted by atomic mass is 9.97. The molecule has 0 heterocycles. The molecule has 0 atom stereocenters. The first-order valence-electron chi connectivity index (χ1n) is 9.28. The molecular formula is C23H19F8N. The molecule has 0 saturated carbocycles. The van der Waals surface area contributed by atoms with Crippen molar-refractivity contribution in [3.63, 3.8) is 0 Å². The van der Waals surface area contributed by atoms with Gasteiger partial charge >= 0.3 is 12.4 Å². The molecule has 2 rings (SSSR count). The molecule has 0 unspecified atom stereocenters. The predicted molar refractivity (Wildman–Crippen MR) is 106 cm³/mol. The van der Waals surface area contributed by atoms with Crippen LogP contribution in [0.4, 0.5) is 35.1 Å².